The average molecular weight is 283 g/mol. The van der Waals surface area contributed by atoms with Crippen LogP contribution in [0.25, 0.3) is 0 Å². The topological polar surface area (TPSA) is 107 Å². The van der Waals surface area contributed by atoms with E-state index in [4.69, 9.17) is 25.3 Å². The Bertz CT molecular complexity index is 599. The van der Waals surface area contributed by atoms with Crippen molar-refractivity contribution in [2.45, 2.75) is 12.8 Å². The lowest BCUT2D eigenvalue weighted by atomic mass is 9.86. The maximum absolute atomic E-state index is 11.1. The molecule has 0 aromatic heterocycles. The van der Waals surface area contributed by atoms with Crippen LogP contribution in [-0.2, 0) is 11.2 Å². The van der Waals surface area contributed by atoms with Gasteiger partial charge in [-0.1, -0.05) is 6.07 Å². The van der Waals surface area contributed by atoms with Crippen LogP contribution in [0.1, 0.15) is 22.3 Å². The number of ether oxygens (including phenoxy) is 2. The second kappa shape index (κ2) is 7.65. The number of aryl methyl sites for hydroxylation is 1. The molecule has 0 radical (unpaired) electrons. The second-order valence-electron chi connectivity index (χ2n) is 4.27. The van der Waals surface area contributed by atoms with Gasteiger partial charge in [-0.2, -0.15) is 15.8 Å². The monoisotopic (exact) mass is 283 g/mol. The van der Waals surface area contributed by atoms with Crippen LogP contribution < -0.4 is 4.74 Å². The summed E-state index contributed by atoms with van der Waals surface area (Å²) in [6.45, 7) is 0.0675. The first kappa shape index (κ1) is 16.2. The van der Waals surface area contributed by atoms with E-state index in [2.05, 4.69) is 0 Å². The summed E-state index contributed by atoms with van der Waals surface area (Å²) in [5.41, 5.74) is -0.642. The van der Waals surface area contributed by atoms with Crippen LogP contribution in [0.4, 0.5) is 0 Å². The Labute approximate surface area is 122 Å². The van der Waals surface area contributed by atoms with Gasteiger partial charge in [0.15, 0.2) is 6.79 Å². The zero-order valence-corrected chi connectivity index (χ0v) is 11.5. The summed E-state index contributed by atoms with van der Waals surface area (Å²) in [6, 6.07) is 10.0. The van der Waals surface area contributed by atoms with Crippen LogP contribution in [0.3, 0.4) is 0 Å². The lowest BCUT2D eigenvalue weighted by Gasteiger charge is -2.12. The first-order chi connectivity index (χ1) is 10.1. The fourth-order valence-electron chi connectivity index (χ4n) is 1.69. The van der Waals surface area contributed by atoms with E-state index in [-0.39, 0.29) is 19.6 Å². The van der Waals surface area contributed by atoms with Gasteiger partial charge in [0, 0.05) is 12.7 Å². The second-order valence-corrected chi connectivity index (χ2v) is 4.27. The summed E-state index contributed by atoms with van der Waals surface area (Å²) in [5, 5.41) is 26.8. The lowest BCUT2D eigenvalue weighted by molar-refractivity contribution is 0.0510. The van der Waals surface area contributed by atoms with Crippen molar-refractivity contribution in [2.75, 3.05) is 13.9 Å². The molecule has 0 saturated carbocycles. The lowest BCUT2D eigenvalue weighted by Crippen LogP contribution is -2.14. The Morgan fingerprint density at radius 3 is 2.43 bits per heavy atom. The Morgan fingerprint density at radius 2 is 1.90 bits per heavy atom. The number of benzene rings is 1. The van der Waals surface area contributed by atoms with E-state index in [1.165, 1.54) is 7.11 Å². The molecule has 0 heterocycles. The van der Waals surface area contributed by atoms with Crippen molar-refractivity contribution in [1.82, 2.24) is 0 Å². The highest BCUT2D eigenvalue weighted by Crippen LogP contribution is 2.24. The number of methoxy groups -OCH3 is 1. The molecule has 6 heteroatoms. The highest BCUT2D eigenvalue weighted by Gasteiger charge is 2.29. The van der Waals surface area contributed by atoms with E-state index in [1.54, 1.807) is 36.4 Å². The quantitative estimate of drug-likeness (QED) is 0.559. The first-order valence-corrected chi connectivity index (χ1v) is 6.08. The van der Waals surface area contributed by atoms with Crippen LogP contribution in [-0.4, -0.2) is 20.2 Å². The Morgan fingerprint density at radius 1 is 1.24 bits per heavy atom. The van der Waals surface area contributed by atoms with Crippen LogP contribution in [0, 0.1) is 39.4 Å². The normalized spacial score (nSPS) is 10.0. The highest BCUT2D eigenvalue weighted by molar-refractivity contribution is 5.78. The minimum Gasteiger partial charge on any atom is -0.468 e. The molecule has 21 heavy (non-hydrogen) atoms. The molecule has 1 aromatic carbocycles. The van der Waals surface area contributed by atoms with E-state index in [9.17, 15) is 4.79 Å². The van der Waals surface area contributed by atoms with Gasteiger partial charge in [-0.15, -0.1) is 0 Å². The maximum atomic E-state index is 11.1. The number of nitriles is 3. The fourth-order valence-corrected chi connectivity index (χ4v) is 1.69. The molecule has 0 N–H and O–H groups in total. The number of carbonyl (C=O) groups excluding carboxylic acids is 1. The van der Waals surface area contributed by atoms with Crippen molar-refractivity contribution in [3.8, 4) is 24.0 Å². The summed E-state index contributed by atoms with van der Waals surface area (Å²) in [4.78, 5) is 11.1. The van der Waals surface area contributed by atoms with E-state index >= 15 is 0 Å². The molecule has 0 fully saturated rings. The van der Waals surface area contributed by atoms with Crippen molar-refractivity contribution in [1.29, 1.82) is 15.8 Å². The molecular weight excluding hydrogens is 270 g/mol. The highest BCUT2D eigenvalue weighted by atomic mass is 16.7. The zero-order chi connectivity index (χ0) is 15.7. The molecule has 0 aliphatic rings. The van der Waals surface area contributed by atoms with Gasteiger partial charge < -0.3 is 9.47 Å². The number of carbonyl (C=O) groups is 1. The van der Waals surface area contributed by atoms with Crippen LogP contribution >= 0.6 is 0 Å². The SMILES string of the molecule is COCOc1ccc(CCC(C#N)(C#N)C#N)c(C=O)c1. The zero-order valence-electron chi connectivity index (χ0n) is 11.5. The molecule has 0 aliphatic carbocycles. The van der Waals surface area contributed by atoms with E-state index in [0.717, 1.165) is 0 Å². The summed E-state index contributed by atoms with van der Waals surface area (Å²) >= 11 is 0. The molecule has 106 valence electrons. The molecule has 0 unspecified atom stereocenters. The van der Waals surface area contributed by atoms with Gasteiger partial charge >= 0.3 is 0 Å². The number of hydrogen-bond donors (Lipinski definition) is 0. The molecule has 0 aliphatic heterocycles. The molecule has 1 rings (SSSR count). The fraction of sp³-hybridized carbons (Fsp3) is 0.333. The average Bonchev–Trinajstić information content (AvgIpc) is 2.55. The first-order valence-electron chi connectivity index (χ1n) is 6.08. The minimum atomic E-state index is -1.69. The predicted molar refractivity (Wildman–Crippen MR) is 71.9 cm³/mol. The summed E-state index contributed by atoms with van der Waals surface area (Å²) < 4.78 is 9.99. The standard InChI is InChI=1S/C15H13N3O3/c1-20-11-21-14-3-2-12(13(6-14)7-19)4-5-15(8-16,9-17)10-18/h2-3,6-7H,4-5,11H2,1H3. The van der Waals surface area contributed by atoms with Crippen molar-refractivity contribution in [3.05, 3.63) is 29.3 Å². The molecule has 0 amide bonds. The number of hydrogen-bond acceptors (Lipinski definition) is 6. The van der Waals surface area contributed by atoms with Crippen LogP contribution in [0.2, 0.25) is 0 Å². The maximum Gasteiger partial charge on any atom is 0.229 e. The van der Waals surface area contributed by atoms with Gasteiger partial charge in [-0.25, -0.2) is 0 Å². The molecule has 0 spiro atoms. The Kier molecular flexibility index (Phi) is 5.89. The molecule has 1 aromatic rings. The third-order valence-electron chi connectivity index (χ3n) is 2.93. The van der Waals surface area contributed by atoms with Gasteiger partial charge in [0.25, 0.3) is 0 Å². The number of rotatable bonds is 7. The van der Waals surface area contributed by atoms with E-state index < -0.39 is 5.41 Å². The molecule has 0 bridgehead atoms. The summed E-state index contributed by atoms with van der Waals surface area (Å²) in [7, 11) is 1.49. The Balaban J connectivity index is 2.90. The van der Waals surface area contributed by atoms with E-state index in [0.29, 0.717) is 23.2 Å². The van der Waals surface area contributed by atoms with Crippen molar-refractivity contribution >= 4 is 6.29 Å². The van der Waals surface area contributed by atoms with Crippen molar-refractivity contribution in [3.63, 3.8) is 0 Å². The van der Waals surface area contributed by atoms with Gasteiger partial charge in [0.2, 0.25) is 5.41 Å². The van der Waals surface area contributed by atoms with Crippen LogP contribution in [0.5, 0.6) is 5.75 Å². The third-order valence-corrected chi connectivity index (χ3v) is 2.93. The van der Waals surface area contributed by atoms with Gasteiger partial charge in [-0.3, -0.25) is 4.79 Å². The molecular formula is C15H13N3O3. The number of nitrogens with zero attached hydrogens (tertiary/aromatic N) is 3. The van der Waals surface area contributed by atoms with Crippen molar-refractivity contribution in [2.24, 2.45) is 5.41 Å². The summed E-state index contributed by atoms with van der Waals surface area (Å²) in [5.74, 6) is 0.481. The Hall–Kier alpha value is -2.88. The van der Waals surface area contributed by atoms with Gasteiger partial charge in [0.05, 0.1) is 0 Å². The van der Waals surface area contributed by atoms with Crippen molar-refractivity contribution < 1.29 is 14.3 Å². The van der Waals surface area contributed by atoms with E-state index in [1.807, 2.05) is 0 Å². The van der Waals surface area contributed by atoms with Gasteiger partial charge in [0.1, 0.15) is 30.2 Å². The predicted octanol–water partition coefficient (Wildman–Crippen LogP) is 1.97. The molecule has 6 nitrogen and oxygen atoms in total. The van der Waals surface area contributed by atoms with Gasteiger partial charge in [-0.05, 0) is 30.5 Å². The number of aldehydes is 1. The van der Waals surface area contributed by atoms with Crippen LogP contribution in [0.15, 0.2) is 18.2 Å². The summed E-state index contributed by atoms with van der Waals surface area (Å²) in [6.07, 6.45) is 0.977. The molecule has 0 saturated heterocycles. The third kappa shape index (κ3) is 4.04. The smallest absolute Gasteiger partial charge is 0.229 e. The minimum absolute atomic E-state index is 0.0373. The largest absolute Gasteiger partial charge is 0.468 e. The molecule has 0 atom stereocenters.